The molecule has 28 heavy (non-hydrogen) atoms. The number of phenols is 1. The minimum atomic E-state index is -2.07. The van der Waals surface area contributed by atoms with Gasteiger partial charge in [0.25, 0.3) is 8.32 Å². The average molecular weight is 434 g/mol. The molecule has 0 radical (unpaired) electrons. The molecule has 0 spiro atoms. The van der Waals surface area contributed by atoms with E-state index in [-0.39, 0.29) is 5.75 Å². The number of phenolic OH excluding ortho intramolecular Hbond substituents is 1. The Bertz CT molecular complexity index is 962. The van der Waals surface area contributed by atoms with Crippen LogP contribution < -0.4 is 4.43 Å². The molecule has 3 nitrogen and oxygen atoms in total. The van der Waals surface area contributed by atoms with E-state index in [2.05, 4.69) is 51.9 Å². The van der Waals surface area contributed by atoms with Crippen LogP contribution in [-0.2, 0) is 0 Å². The smallest absolute Gasteiger partial charge is 0.258 e. The molecule has 0 saturated heterocycles. The Hall–Kier alpha value is -1.56. The van der Waals surface area contributed by atoms with Crippen LogP contribution in [0.15, 0.2) is 35.8 Å². The number of aromatic hydroxyl groups is 1. The van der Waals surface area contributed by atoms with E-state index in [0.717, 1.165) is 21.5 Å². The molecule has 0 amide bonds. The van der Waals surface area contributed by atoms with Crippen molar-refractivity contribution in [3.8, 4) is 22.6 Å². The first-order valence-corrected chi connectivity index (χ1v) is 13.1. The van der Waals surface area contributed by atoms with Crippen molar-refractivity contribution in [3.05, 3.63) is 40.9 Å². The zero-order chi connectivity index (χ0) is 20.6. The lowest BCUT2D eigenvalue weighted by molar-refractivity contribution is 0.477. The van der Waals surface area contributed by atoms with Gasteiger partial charge >= 0.3 is 0 Å². The van der Waals surface area contributed by atoms with Crippen LogP contribution in [0.3, 0.4) is 0 Å². The van der Waals surface area contributed by atoms with Crippen LogP contribution in [-0.4, -0.2) is 18.4 Å². The Labute approximate surface area is 177 Å². The Kier molecular flexibility index (Phi) is 6.08. The predicted octanol–water partition coefficient (Wildman–Crippen LogP) is 7.88. The first-order valence-electron chi connectivity index (χ1n) is 9.72. The number of fused-ring (bicyclic) bond motifs is 1. The highest BCUT2D eigenvalue weighted by Crippen LogP contribution is 2.46. The third-order valence-electron chi connectivity index (χ3n) is 5.66. The summed E-state index contributed by atoms with van der Waals surface area (Å²) in [5, 5.41) is 13.0. The first-order chi connectivity index (χ1) is 13.2. The molecule has 0 aliphatic heterocycles. The number of thiophene rings is 1. The first kappa shape index (κ1) is 21.2. The van der Waals surface area contributed by atoms with Gasteiger partial charge in [-0.3, -0.25) is 4.98 Å². The van der Waals surface area contributed by atoms with Crippen molar-refractivity contribution in [2.45, 2.75) is 58.2 Å². The molecule has 1 N–H and O–H groups in total. The third kappa shape index (κ3) is 3.56. The Morgan fingerprint density at radius 3 is 2.25 bits per heavy atom. The van der Waals surface area contributed by atoms with Crippen molar-refractivity contribution in [1.82, 2.24) is 4.98 Å². The van der Waals surface area contributed by atoms with Crippen molar-refractivity contribution in [2.75, 3.05) is 0 Å². The Morgan fingerprint density at radius 2 is 1.64 bits per heavy atom. The van der Waals surface area contributed by atoms with E-state index in [4.69, 9.17) is 16.0 Å². The fraction of sp³-hybridized carbons (Fsp3) is 0.409. The maximum Gasteiger partial charge on any atom is 0.258 e. The molecule has 0 fully saturated rings. The van der Waals surface area contributed by atoms with Crippen molar-refractivity contribution >= 4 is 41.5 Å². The standard InChI is InChI=1S/C22H28ClNO2SSi/c1-13(2)28(14(3)4,15(5)6)26-20-12-27-22-17(9-10-24-21(20)22)18-11-16(23)7-8-19(18)25/h7-15,25H,1-6H3. The molecule has 0 unspecified atom stereocenters. The van der Waals surface area contributed by atoms with Crippen LogP contribution in [0.2, 0.25) is 21.6 Å². The summed E-state index contributed by atoms with van der Waals surface area (Å²) in [6, 6.07) is 7.03. The second-order valence-corrected chi connectivity index (χ2v) is 14.9. The van der Waals surface area contributed by atoms with Gasteiger partial charge in [-0.1, -0.05) is 53.1 Å². The van der Waals surface area contributed by atoms with E-state index in [0.29, 0.717) is 27.2 Å². The number of halogens is 1. The lowest BCUT2D eigenvalue weighted by Crippen LogP contribution is -2.50. The molecule has 3 rings (SSSR count). The van der Waals surface area contributed by atoms with Gasteiger partial charge in [-0.05, 0) is 40.9 Å². The summed E-state index contributed by atoms with van der Waals surface area (Å²) in [6.07, 6.45) is 1.78. The largest absolute Gasteiger partial charge is 0.541 e. The van der Waals surface area contributed by atoms with Crippen molar-refractivity contribution < 1.29 is 9.53 Å². The summed E-state index contributed by atoms with van der Waals surface area (Å²) >= 11 is 7.78. The highest BCUT2D eigenvalue weighted by molar-refractivity contribution is 7.18. The van der Waals surface area contributed by atoms with Crippen molar-refractivity contribution in [1.29, 1.82) is 0 Å². The molecule has 3 aromatic rings. The van der Waals surface area contributed by atoms with Crippen LogP contribution >= 0.6 is 22.9 Å². The number of rotatable bonds is 6. The van der Waals surface area contributed by atoms with Crippen LogP contribution in [0.4, 0.5) is 0 Å². The molecule has 0 saturated carbocycles. The molecule has 150 valence electrons. The molecular formula is C22H28ClNO2SSi. The summed E-state index contributed by atoms with van der Waals surface area (Å²) in [7, 11) is -2.07. The van der Waals surface area contributed by atoms with E-state index in [1.165, 1.54) is 0 Å². The number of benzene rings is 1. The summed E-state index contributed by atoms with van der Waals surface area (Å²) in [4.78, 5) is 4.63. The zero-order valence-corrected chi connectivity index (χ0v) is 19.9. The predicted molar refractivity (Wildman–Crippen MR) is 123 cm³/mol. The van der Waals surface area contributed by atoms with E-state index in [9.17, 15) is 5.11 Å². The second kappa shape index (κ2) is 8.05. The van der Waals surface area contributed by atoms with Gasteiger partial charge in [0.05, 0.1) is 4.70 Å². The quantitative estimate of drug-likeness (QED) is 0.402. The number of pyridine rings is 1. The van der Waals surface area contributed by atoms with Crippen molar-refractivity contribution in [3.63, 3.8) is 0 Å². The molecular weight excluding hydrogens is 406 g/mol. The monoisotopic (exact) mass is 433 g/mol. The normalized spacial score (nSPS) is 12.5. The number of hydrogen-bond donors (Lipinski definition) is 1. The summed E-state index contributed by atoms with van der Waals surface area (Å²) in [6.45, 7) is 13.7. The van der Waals surface area contributed by atoms with E-state index in [1.54, 1.807) is 35.7 Å². The van der Waals surface area contributed by atoms with Gasteiger partial charge in [0.1, 0.15) is 17.0 Å². The maximum absolute atomic E-state index is 10.4. The highest BCUT2D eigenvalue weighted by Gasteiger charge is 2.47. The van der Waals surface area contributed by atoms with E-state index in [1.807, 2.05) is 6.07 Å². The van der Waals surface area contributed by atoms with Crippen LogP contribution in [0.25, 0.3) is 21.3 Å². The zero-order valence-electron chi connectivity index (χ0n) is 17.3. The SMILES string of the molecule is CC(C)[Si](Oc1csc2c(-c3cc(Cl)ccc3O)ccnc12)(C(C)C)C(C)C. The molecule has 0 bridgehead atoms. The van der Waals surface area contributed by atoms with Crippen LogP contribution in [0, 0.1) is 0 Å². The fourth-order valence-corrected chi connectivity index (χ4v) is 10.9. The van der Waals surface area contributed by atoms with Gasteiger partial charge in [0.15, 0.2) is 0 Å². The number of nitrogens with zero attached hydrogens (tertiary/aromatic N) is 1. The van der Waals surface area contributed by atoms with Crippen LogP contribution in [0.1, 0.15) is 41.5 Å². The summed E-state index contributed by atoms with van der Waals surface area (Å²) in [5.41, 5.74) is 3.97. The number of aromatic nitrogens is 1. The van der Waals surface area contributed by atoms with Gasteiger partial charge in [-0.25, -0.2) is 0 Å². The molecule has 6 heteroatoms. The Balaban J connectivity index is 2.14. The number of hydrogen-bond acceptors (Lipinski definition) is 4. The second-order valence-electron chi connectivity index (χ2n) is 8.22. The molecule has 2 heterocycles. The third-order valence-corrected chi connectivity index (χ3v) is 12.9. The molecule has 1 aromatic carbocycles. The minimum Gasteiger partial charge on any atom is -0.541 e. The topological polar surface area (TPSA) is 42.4 Å². The minimum absolute atomic E-state index is 0.211. The maximum atomic E-state index is 10.4. The highest BCUT2D eigenvalue weighted by atomic mass is 35.5. The lowest BCUT2D eigenvalue weighted by atomic mass is 10.1. The van der Waals surface area contributed by atoms with Gasteiger partial charge in [0, 0.05) is 27.7 Å². The molecule has 0 atom stereocenters. The molecule has 2 aromatic heterocycles. The fourth-order valence-electron chi connectivity index (χ4n) is 4.46. The van der Waals surface area contributed by atoms with E-state index >= 15 is 0 Å². The average Bonchev–Trinajstić information content (AvgIpc) is 3.03. The van der Waals surface area contributed by atoms with E-state index < -0.39 is 8.32 Å². The van der Waals surface area contributed by atoms with Gasteiger partial charge in [-0.2, -0.15) is 0 Å². The van der Waals surface area contributed by atoms with Gasteiger partial charge in [-0.15, -0.1) is 11.3 Å². The van der Waals surface area contributed by atoms with Crippen LogP contribution in [0.5, 0.6) is 11.5 Å². The lowest BCUT2D eigenvalue weighted by Gasteiger charge is -2.41. The van der Waals surface area contributed by atoms with Gasteiger partial charge in [0.2, 0.25) is 0 Å². The van der Waals surface area contributed by atoms with Crippen molar-refractivity contribution in [2.24, 2.45) is 0 Å². The summed E-state index contributed by atoms with van der Waals surface area (Å²) < 4.78 is 7.89. The molecule has 0 aliphatic rings. The van der Waals surface area contributed by atoms with Gasteiger partial charge < -0.3 is 9.53 Å². The Morgan fingerprint density at radius 1 is 1.00 bits per heavy atom. The molecule has 0 aliphatic carbocycles. The summed E-state index contributed by atoms with van der Waals surface area (Å²) in [5.74, 6) is 1.08.